The molecule has 10 aromatic carbocycles. The fraction of sp³-hybridized carbons (Fsp3) is 0.0145. The van der Waals surface area contributed by atoms with Crippen molar-refractivity contribution >= 4 is 110 Å². The molecule has 5 heterocycles. The van der Waals surface area contributed by atoms with Gasteiger partial charge in [-0.1, -0.05) is 261 Å². The number of fused-ring (bicyclic) bond motifs is 16. The largest absolute Gasteiger partial charge is 0.470 e. The van der Waals surface area contributed by atoms with Crippen LogP contribution in [0.4, 0.5) is 17.3 Å². The zero-order valence-electron chi connectivity index (χ0n) is 41.4. The average Bonchev–Trinajstić information content (AvgIpc) is 4.44. The van der Waals surface area contributed by atoms with Gasteiger partial charge in [-0.15, -0.1) is 0 Å². The first-order valence-corrected chi connectivity index (χ1v) is 26.7. The van der Waals surface area contributed by atoms with Crippen LogP contribution in [0, 0.1) is 0 Å². The molecule has 0 N–H and O–H groups in total. The number of para-hydroxylation sites is 2. The third-order valence-electron chi connectivity index (χ3n) is 17.7. The Kier molecular flexibility index (Phi) is 8.84. The van der Waals surface area contributed by atoms with Crippen LogP contribution < -0.4 is 70.8 Å². The minimum absolute atomic E-state index is 0.0545. The zero-order chi connectivity index (χ0) is 49.6. The molecule has 0 bridgehead atoms. The second-order valence-corrected chi connectivity index (χ2v) is 21.2. The molecule has 1 spiro atoms. The van der Waals surface area contributed by atoms with E-state index in [1.807, 2.05) is 0 Å². The molecule has 17 rings (SSSR count). The van der Waals surface area contributed by atoms with Crippen LogP contribution in [-0.4, -0.2) is 26.9 Å². The summed E-state index contributed by atoms with van der Waals surface area (Å²) in [5.41, 5.74) is 28.7. The average molecular weight is 961 g/mol. The van der Waals surface area contributed by atoms with Gasteiger partial charge in [-0.2, -0.15) is 0 Å². The van der Waals surface area contributed by atoms with Crippen LogP contribution >= 0.6 is 0 Å². The molecule has 0 amide bonds. The second kappa shape index (κ2) is 15.9. The summed E-state index contributed by atoms with van der Waals surface area (Å²) in [5.74, 6) is 1.67. The maximum absolute atomic E-state index is 7.26. The van der Waals surface area contributed by atoms with Crippen LogP contribution in [0.5, 0.6) is 0 Å². The maximum atomic E-state index is 7.26. The molecule has 3 nitrogen and oxygen atoms in total. The van der Waals surface area contributed by atoms with Gasteiger partial charge in [0.15, 0.2) is 0 Å². The van der Waals surface area contributed by atoms with Crippen molar-refractivity contribution in [3.05, 3.63) is 283 Å². The summed E-state index contributed by atoms with van der Waals surface area (Å²) in [7, 11) is 0. The van der Waals surface area contributed by atoms with E-state index in [1.165, 1.54) is 99.1 Å². The van der Waals surface area contributed by atoms with Crippen molar-refractivity contribution in [3.8, 4) is 33.6 Å². The molecule has 0 atom stereocenters. The Bertz CT molecular complexity index is 4280. The van der Waals surface area contributed by atoms with Gasteiger partial charge in [-0.25, -0.2) is 0 Å². The van der Waals surface area contributed by atoms with Crippen molar-refractivity contribution in [1.82, 2.24) is 0 Å². The topological polar surface area (TPSA) is 29.5 Å². The molecule has 348 valence electrons. The minimum atomic E-state index is -0.380. The predicted octanol–water partition coefficient (Wildman–Crippen LogP) is 7.36. The molecular weight excluding hydrogens is 918 g/mol. The molecule has 0 fully saturated rings. The van der Waals surface area contributed by atoms with Crippen LogP contribution in [0.2, 0.25) is 0 Å². The van der Waals surface area contributed by atoms with Gasteiger partial charge < -0.3 is 8.83 Å². The van der Waals surface area contributed by atoms with Gasteiger partial charge in [0.25, 0.3) is 13.4 Å². The summed E-state index contributed by atoms with van der Waals surface area (Å²) in [6, 6.07) is 96.3. The molecule has 7 heteroatoms. The third-order valence-corrected chi connectivity index (χ3v) is 17.7. The van der Waals surface area contributed by atoms with Gasteiger partial charge in [0, 0.05) is 23.0 Å². The fourth-order valence-electron chi connectivity index (χ4n) is 14.9. The van der Waals surface area contributed by atoms with Gasteiger partial charge in [0.2, 0.25) is 19.3 Å². The Labute approximate surface area is 443 Å². The lowest BCUT2D eigenvalue weighted by Crippen LogP contribution is -2.89. The predicted molar refractivity (Wildman–Crippen MR) is 318 cm³/mol. The van der Waals surface area contributed by atoms with Gasteiger partial charge in [-0.05, 0) is 93.0 Å². The normalized spacial score (nSPS) is 14.1. The number of anilines is 3. The number of rotatable bonds is 6. The molecule has 0 saturated carbocycles. The van der Waals surface area contributed by atoms with Crippen LogP contribution in [0.25, 0.3) is 33.6 Å². The fourth-order valence-corrected chi connectivity index (χ4v) is 14.9. The molecule has 5 aliphatic rings. The highest BCUT2D eigenvalue weighted by Gasteiger charge is 2.53. The molecule has 2 aliphatic carbocycles. The molecule has 12 aromatic rings. The Balaban J connectivity index is 0.788. The van der Waals surface area contributed by atoms with Crippen LogP contribution in [-0.2, 0) is 5.41 Å². The van der Waals surface area contributed by atoms with Crippen LogP contribution in [0.1, 0.15) is 22.3 Å². The molecular formula is C69H43B4NO2. The van der Waals surface area contributed by atoms with E-state index in [0.29, 0.717) is 0 Å². The van der Waals surface area contributed by atoms with Gasteiger partial charge in [0.1, 0.15) is 5.76 Å². The van der Waals surface area contributed by atoms with E-state index in [2.05, 4.69) is 266 Å². The molecule has 3 aliphatic heterocycles. The van der Waals surface area contributed by atoms with E-state index >= 15 is 0 Å². The maximum Gasteiger partial charge on any atom is 0.286 e. The van der Waals surface area contributed by atoms with E-state index in [9.17, 15) is 0 Å². The summed E-state index contributed by atoms with van der Waals surface area (Å²) >= 11 is 0. The summed E-state index contributed by atoms with van der Waals surface area (Å²) in [6.45, 7) is -0.0701. The number of hydrogen-bond donors (Lipinski definition) is 0. The Morgan fingerprint density at radius 2 is 0.684 bits per heavy atom. The summed E-state index contributed by atoms with van der Waals surface area (Å²) in [6.07, 6.45) is 0. The van der Waals surface area contributed by atoms with Crippen LogP contribution in [0.15, 0.2) is 270 Å². The van der Waals surface area contributed by atoms with Crippen molar-refractivity contribution in [2.75, 3.05) is 4.90 Å². The van der Waals surface area contributed by atoms with E-state index in [1.54, 1.807) is 0 Å². The molecule has 76 heavy (non-hydrogen) atoms. The monoisotopic (exact) mass is 961 g/mol. The number of benzene rings is 10. The highest BCUT2D eigenvalue weighted by molar-refractivity contribution is 7.21. The van der Waals surface area contributed by atoms with Crippen molar-refractivity contribution in [1.29, 1.82) is 0 Å². The Morgan fingerprint density at radius 1 is 0.289 bits per heavy atom. The Hall–Kier alpha value is -9.18. The van der Waals surface area contributed by atoms with Gasteiger partial charge in [0.05, 0.1) is 16.7 Å². The second-order valence-electron chi connectivity index (χ2n) is 21.2. The smallest absolute Gasteiger partial charge is 0.286 e. The third kappa shape index (κ3) is 5.62. The lowest BCUT2D eigenvalue weighted by Gasteiger charge is -2.42. The number of furan rings is 2. The number of hydrogen-bond acceptors (Lipinski definition) is 3. The molecule has 0 radical (unpaired) electrons. The summed E-state index contributed by atoms with van der Waals surface area (Å²) in [5, 5.41) is 0. The molecule has 0 saturated heterocycles. The molecule has 2 aromatic heterocycles. The SMILES string of the molecule is c1ccc(N(c2ccccc2)c2ccc(B3c4ccccc4B4c5cccc6c5B(c5ccccc5B6c5ccc(-c6ccc7c(c6)-c6ccccc6C76c7ccccc7-c7ccccc76)o5)c5cccc3c54)o2)cc1. The highest BCUT2D eigenvalue weighted by atomic mass is 16.4. The van der Waals surface area contributed by atoms with Gasteiger partial charge in [-0.3, -0.25) is 4.90 Å². The van der Waals surface area contributed by atoms with E-state index in [0.717, 1.165) is 39.9 Å². The summed E-state index contributed by atoms with van der Waals surface area (Å²) < 4.78 is 14.4. The Morgan fingerprint density at radius 3 is 1.21 bits per heavy atom. The highest BCUT2D eigenvalue weighted by Crippen LogP contribution is 2.63. The zero-order valence-corrected chi connectivity index (χ0v) is 41.4. The first kappa shape index (κ1) is 42.2. The minimum Gasteiger partial charge on any atom is -0.470 e. The quantitative estimate of drug-likeness (QED) is 0.164. The van der Waals surface area contributed by atoms with Crippen molar-refractivity contribution in [2.45, 2.75) is 5.41 Å². The van der Waals surface area contributed by atoms with Crippen molar-refractivity contribution < 1.29 is 8.83 Å². The summed E-state index contributed by atoms with van der Waals surface area (Å²) in [4.78, 5) is 2.21. The van der Waals surface area contributed by atoms with E-state index in [4.69, 9.17) is 8.83 Å². The first-order valence-electron chi connectivity index (χ1n) is 26.7. The lowest BCUT2D eigenvalue weighted by molar-refractivity contribution is 0.606. The van der Waals surface area contributed by atoms with Crippen molar-refractivity contribution in [2.24, 2.45) is 0 Å². The molecule has 0 unspecified atom stereocenters. The van der Waals surface area contributed by atoms with E-state index in [-0.39, 0.29) is 32.3 Å². The van der Waals surface area contributed by atoms with Crippen molar-refractivity contribution in [3.63, 3.8) is 0 Å². The van der Waals surface area contributed by atoms with E-state index < -0.39 is 0 Å². The standard InChI is InChI=1S/C69H43B4NO2/c1-3-19-45(20-4-1)74(46-21-5-2-6-22-46)66-42-41-65(76-66)71-56-30-14-16-32-58(56)73-61-35-17-33-59-67(61)72(62-36-18-34-60(71)68(62)73)57-31-15-13-29-55(57)70(59)64-40-39-63(75-64)44-37-38-54-50(43-44)49-25-9-12-28-53(49)69(54)51-26-10-7-23-47(51)48-24-8-11-27-52(48)69/h1-43H. The van der Waals surface area contributed by atoms with Gasteiger partial charge >= 0.3 is 0 Å². The van der Waals surface area contributed by atoms with Crippen LogP contribution in [0.3, 0.4) is 0 Å². The number of nitrogens with zero attached hydrogens (tertiary/aromatic N) is 1. The lowest BCUT2D eigenvalue weighted by atomic mass is 9.11. The first-order chi connectivity index (χ1) is 37.7.